The molecule has 2 rings (SSSR count). The summed E-state index contributed by atoms with van der Waals surface area (Å²) in [6.07, 6.45) is 2.11. The Bertz CT molecular complexity index is 812. The Morgan fingerprint density at radius 1 is 1.06 bits per heavy atom. The van der Waals surface area contributed by atoms with Gasteiger partial charge in [-0.05, 0) is 30.9 Å². The van der Waals surface area contributed by atoms with Gasteiger partial charge in [0.1, 0.15) is 18.1 Å². The van der Waals surface area contributed by atoms with Gasteiger partial charge in [-0.15, -0.1) is 0 Å². The van der Waals surface area contributed by atoms with Gasteiger partial charge in [-0.25, -0.2) is 4.79 Å². The van der Waals surface area contributed by atoms with E-state index in [1.165, 1.54) is 0 Å². The lowest BCUT2D eigenvalue weighted by molar-refractivity contribution is -0.142. The van der Waals surface area contributed by atoms with Crippen molar-refractivity contribution in [1.29, 1.82) is 0 Å². The molecule has 0 bridgehead atoms. The number of aliphatic carboxylic acids is 1. The third-order valence-corrected chi connectivity index (χ3v) is 5.88. The van der Waals surface area contributed by atoms with Crippen LogP contribution in [0.25, 0.3) is 0 Å². The average molecular weight is 463 g/mol. The van der Waals surface area contributed by atoms with Crippen molar-refractivity contribution < 1.29 is 29.4 Å². The highest BCUT2D eigenvalue weighted by molar-refractivity contribution is 5.94. The van der Waals surface area contributed by atoms with Crippen LogP contribution in [0, 0.1) is 5.92 Å². The third kappa shape index (κ3) is 7.83. The Kier molecular flexibility index (Phi) is 10.3. The van der Waals surface area contributed by atoms with Crippen molar-refractivity contribution in [3.8, 4) is 0 Å². The maximum absolute atomic E-state index is 13.0. The lowest BCUT2D eigenvalue weighted by Crippen LogP contribution is -2.59. The fourth-order valence-electron chi connectivity index (χ4n) is 3.64. The number of aliphatic hydroxyl groups excluding tert-OH is 1. The van der Waals surface area contributed by atoms with Gasteiger partial charge in [0.25, 0.3) is 0 Å². The Balaban J connectivity index is 2.06. The van der Waals surface area contributed by atoms with Crippen LogP contribution in [-0.4, -0.2) is 71.2 Å². The molecule has 0 spiro atoms. The smallest absolute Gasteiger partial charge is 0.326 e. The first kappa shape index (κ1) is 26.3. The highest BCUT2D eigenvalue weighted by atomic mass is 16.4. The minimum absolute atomic E-state index is 0.0901. The second-order valence-corrected chi connectivity index (χ2v) is 8.35. The normalized spacial score (nSPS) is 19.1. The largest absolute Gasteiger partial charge is 0.480 e. The molecular weight excluding hydrogens is 428 g/mol. The predicted molar refractivity (Wildman–Crippen MR) is 121 cm³/mol. The summed E-state index contributed by atoms with van der Waals surface area (Å²) in [7, 11) is 0. The summed E-state index contributed by atoms with van der Waals surface area (Å²) in [4.78, 5) is 49.8. The summed E-state index contributed by atoms with van der Waals surface area (Å²) < 4.78 is 0. The van der Waals surface area contributed by atoms with Crippen molar-refractivity contribution in [2.75, 3.05) is 13.2 Å². The molecule has 1 aromatic carbocycles. The molecule has 6 N–H and O–H groups in total. The van der Waals surface area contributed by atoms with Gasteiger partial charge in [0, 0.05) is 6.42 Å². The Morgan fingerprint density at radius 2 is 1.76 bits per heavy atom. The summed E-state index contributed by atoms with van der Waals surface area (Å²) in [5, 5.41) is 29.9. The molecule has 10 nitrogen and oxygen atoms in total. The van der Waals surface area contributed by atoms with Gasteiger partial charge in [-0.3, -0.25) is 14.4 Å². The van der Waals surface area contributed by atoms with E-state index in [-0.39, 0.29) is 18.2 Å². The van der Waals surface area contributed by atoms with Crippen molar-refractivity contribution >= 4 is 23.7 Å². The Morgan fingerprint density at radius 3 is 2.30 bits per heavy atom. The summed E-state index contributed by atoms with van der Waals surface area (Å²) in [6, 6.07) is 5.05. The van der Waals surface area contributed by atoms with E-state index in [2.05, 4.69) is 21.3 Å². The molecule has 0 aromatic heterocycles. The average Bonchev–Trinajstić information content (AvgIpc) is 3.35. The zero-order valence-corrected chi connectivity index (χ0v) is 19.0. The first-order chi connectivity index (χ1) is 15.8. The molecule has 1 aliphatic heterocycles. The van der Waals surface area contributed by atoms with Crippen molar-refractivity contribution in [2.24, 2.45) is 5.92 Å². The summed E-state index contributed by atoms with van der Waals surface area (Å²) >= 11 is 0. The van der Waals surface area contributed by atoms with Gasteiger partial charge in [0.2, 0.25) is 17.7 Å². The minimum Gasteiger partial charge on any atom is -0.480 e. The predicted octanol–water partition coefficient (Wildman–Crippen LogP) is -0.441. The minimum atomic E-state index is -1.22. The number of aliphatic hydroxyl groups is 1. The van der Waals surface area contributed by atoms with Gasteiger partial charge in [0.05, 0.1) is 12.6 Å². The monoisotopic (exact) mass is 462 g/mol. The van der Waals surface area contributed by atoms with Crippen molar-refractivity contribution in [1.82, 2.24) is 21.3 Å². The summed E-state index contributed by atoms with van der Waals surface area (Å²) in [6.45, 7) is 3.67. The van der Waals surface area contributed by atoms with Crippen molar-refractivity contribution in [2.45, 2.75) is 63.7 Å². The molecule has 0 aliphatic carbocycles. The number of amides is 3. The molecule has 1 fully saturated rings. The standard InChI is InChI=1S/C23H34N4O6/c1-3-14(2)19(22(31)25-17(23(32)33)12-15-8-5-4-6-9-15)27-21(30)18(13-28)26-20(29)16-10-7-11-24-16/h4-6,8-9,14,16-19,24,28H,3,7,10-13H2,1-2H3,(H,25,31)(H,26,29)(H,27,30)(H,32,33). The van der Waals surface area contributed by atoms with Gasteiger partial charge in [0.15, 0.2) is 0 Å². The highest BCUT2D eigenvalue weighted by Crippen LogP contribution is 2.11. The first-order valence-corrected chi connectivity index (χ1v) is 11.3. The second kappa shape index (κ2) is 12.9. The summed E-state index contributed by atoms with van der Waals surface area (Å²) in [5.74, 6) is -3.24. The molecule has 5 unspecified atom stereocenters. The molecule has 1 heterocycles. The van der Waals surface area contributed by atoms with E-state index < -0.39 is 48.6 Å². The molecule has 1 aliphatic rings. The zero-order valence-electron chi connectivity index (χ0n) is 19.0. The number of carboxylic acid groups (broad SMARTS) is 1. The van der Waals surface area contributed by atoms with Crippen LogP contribution in [0.5, 0.6) is 0 Å². The SMILES string of the molecule is CCC(C)C(NC(=O)C(CO)NC(=O)C1CCCN1)C(=O)NC(Cc1ccccc1)C(=O)O. The first-order valence-electron chi connectivity index (χ1n) is 11.3. The Labute approximate surface area is 193 Å². The van der Waals surface area contributed by atoms with Gasteiger partial charge in [-0.1, -0.05) is 50.6 Å². The lowest BCUT2D eigenvalue weighted by Gasteiger charge is -2.27. The number of hydrogen-bond acceptors (Lipinski definition) is 6. The van der Waals surface area contributed by atoms with Crippen molar-refractivity contribution in [3.05, 3.63) is 35.9 Å². The van der Waals surface area contributed by atoms with Crippen LogP contribution in [0.3, 0.4) is 0 Å². The third-order valence-electron chi connectivity index (χ3n) is 5.88. The second-order valence-electron chi connectivity index (χ2n) is 8.35. The lowest BCUT2D eigenvalue weighted by atomic mass is 9.97. The van der Waals surface area contributed by atoms with Gasteiger partial charge >= 0.3 is 5.97 Å². The van der Waals surface area contributed by atoms with E-state index >= 15 is 0 Å². The van der Waals surface area contributed by atoms with Crippen LogP contribution in [0.15, 0.2) is 30.3 Å². The van der Waals surface area contributed by atoms with Gasteiger partial charge in [-0.2, -0.15) is 0 Å². The molecule has 33 heavy (non-hydrogen) atoms. The van der Waals surface area contributed by atoms with Crippen LogP contribution in [0.4, 0.5) is 0 Å². The number of rotatable bonds is 12. The molecular formula is C23H34N4O6. The van der Waals surface area contributed by atoms with Gasteiger partial charge < -0.3 is 31.5 Å². The topological polar surface area (TPSA) is 157 Å². The van der Waals surface area contributed by atoms with E-state index in [4.69, 9.17) is 0 Å². The van der Waals surface area contributed by atoms with E-state index in [1.807, 2.05) is 13.0 Å². The number of nitrogens with one attached hydrogen (secondary N) is 4. The number of carboxylic acids is 1. The maximum atomic E-state index is 13.0. The van der Waals surface area contributed by atoms with Crippen LogP contribution >= 0.6 is 0 Å². The van der Waals surface area contributed by atoms with Crippen LogP contribution in [-0.2, 0) is 25.6 Å². The van der Waals surface area contributed by atoms with Crippen molar-refractivity contribution in [3.63, 3.8) is 0 Å². The molecule has 0 radical (unpaired) electrons. The molecule has 0 saturated carbocycles. The van der Waals surface area contributed by atoms with E-state index in [9.17, 15) is 29.4 Å². The number of carbonyl (C=O) groups is 4. The van der Waals surface area contributed by atoms with E-state index in [0.29, 0.717) is 19.4 Å². The fraction of sp³-hybridized carbons (Fsp3) is 0.565. The molecule has 3 amide bonds. The molecule has 1 saturated heterocycles. The molecule has 1 aromatic rings. The zero-order chi connectivity index (χ0) is 24.4. The van der Waals surface area contributed by atoms with E-state index in [0.717, 1.165) is 12.0 Å². The number of hydrogen-bond donors (Lipinski definition) is 6. The molecule has 10 heteroatoms. The fourth-order valence-corrected chi connectivity index (χ4v) is 3.64. The quantitative estimate of drug-likeness (QED) is 0.246. The number of carbonyl (C=O) groups excluding carboxylic acids is 3. The summed E-state index contributed by atoms with van der Waals surface area (Å²) in [5.41, 5.74) is 0.748. The van der Waals surface area contributed by atoms with Crippen LogP contribution in [0.2, 0.25) is 0 Å². The maximum Gasteiger partial charge on any atom is 0.326 e. The van der Waals surface area contributed by atoms with E-state index in [1.54, 1.807) is 31.2 Å². The van der Waals surface area contributed by atoms with Crippen LogP contribution in [0.1, 0.15) is 38.7 Å². The highest BCUT2D eigenvalue weighted by Gasteiger charge is 2.33. The molecule has 5 atom stereocenters. The Hall–Kier alpha value is -2.98. The molecule has 182 valence electrons. The van der Waals surface area contributed by atoms with Crippen LogP contribution < -0.4 is 21.3 Å². The number of benzene rings is 1.